The molecule has 20 heavy (non-hydrogen) atoms. The second-order valence-electron chi connectivity index (χ2n) is 5.51. The molecule has 0 bridgehead atoms. The second kappa shape index (κ2) is 6.39. The smallest absolute Gasteiger partial charge is 0.326 e. The molecule has 1 saturated carbocycles. The molecule has 0 aliphatic heterocycles. The number of amides is 1. The van der Waals surface area contributed by atoms with Crippen molar-refractivity contribution in [3.63, 3.8) is 0 Å². The minimum atomic E-state index is -0.912. The van der Waals surface area contributed by atoms with Gasteiger partial charge in [0.05, 0.1) is 0 Å². The van der Waals surface area contributed by atoms with Crippen LogP contribution in [0.1, 0.15) is 41.0 Å². The Balaban J connectivity index is 1.74. The lowest BCUT2D eigenvalue weighted by molar-refractivity contribution is -0.142. The second-order valence-corrected chi connectivity index (χ2v) is 6.97. The van der Waals surface area contributed by atoms with E-state index in [4.69, 9.17) is 5.11 Å². The van der Waals surface area contributed by atoms with Crippen LogP contribution in [0.25, 0.3) is 0 Å². The Hall–Kier alpha value is -1.36. The molecule has 1 atom stereocenters. The van der Waals surface area contributed by atoms with Gasteiger partial charge in [-0.25, -0.2) is 4.79 Å². The first-order valence-electron chi connectivity index (χ1n) is 7.05. The molecule has 0 spiro atoms. The summed E-state index contributed by atoms with van der Waals surface area (Å²) in [5.74, 6) is -0.919. The third-order valence-electron chi connectivity index (χ3n) is 3.67. The standard InChI is InChI=1S/C15H21NO3S/c1-9-8-12(10(2)20-9)4-3-5-13(17)16-14(15(18)19)11-6-7-11/h8,11,14H,3-7H2,1-2H3,(H,16,17)(H,18,19). The van der Waals surface area contributed by atoms with Crippen LogP contribution in [0, 0.1) is 19.8 Å². The third kappa shape index (κ3) is 4.07. The fraction of sp³-hybridized carbons (Fsp3) is 0.600. The van der Waals surface area contributed by atoms with E-state index in [9.17, 15) is 9.59 Å². The molecule has 1 aromatic heterocycles. The van der Waals surface area contributed by atoms with Crippen molar-refractivity contribution in [1.29, 1.82) is 0 Å². The fourth-order valence-electron chi connectivity index (χ4n) is 2.43. The molecular weight excluding hydrogens is 274 g/mol. The largest absolute Gasteiger partial charge is 0.480 e. The summed E-state index contributed by atoms with van der Waals surface area (Å²) in [5.41, 5.74) is 1.30. The van der Waals surface area contributed by atoms with Crippen LogP contribution in [0.3, 0.4) is 0 Å². The predicted molar refractivity (Wildman–Crippen MR) is 79.0 cm³/mol. The lowest BCUT2D eigenvalue weighted by Gasteiger charge is -2.13. The number of carboxylic acid groups (broad SMARTS) is 1. The summed E-state index contributed by atoms with van der Waals surface area (Å²) in [6.07, 6.45) is 3.85. The van der Waals surface area contributed by atoms with Crippen molar-refractivity contribution in [2.75, 3.05) is 0 Å². The summed E-state index contributed by atoms with van der Waals surface area (Å²) in [6, 6.07) is 1.48. The van der Waals surface area contributed by atoms with Crippen LogP contribution in [0.4, 0.5) is 0 Å². The van der Waals surface area contributed by atoms with Gasteiger partial charge in [0, 0.05) is 16.2 Å². The maximum absolute atomic E-state index is 11.8. The monoisotopic (exact) mass is 295 g/mol. The van der Waals surface area contributed by atoms with Crippen LogP contribution in [0.15, 0.2) is 6.07 Å². The van der Waals surface area contributed by atoms with E-state index >= 15 is 0 Å². The molecule has 5 heteroatoms. The zero-order valence-electron chi connectivity index (χ0n) is 11.9. The molecule has 1 aromatic rings. The molecule has 0 radical (unpaired) electrons. The van der Waals surface area contributed by atoms with Crippen molar-refractivity contribution in [2.45, 2.75) is 52.0 Å². The maximum Gasteiger partial charge on any atom is 0.326 e. The highest BCUT2D eigenvalue weighted by molar-refractivity contribution is 7.12. The van der Waals surface area contributed by atoms with Gasteiger partial charge < -0.3 is 10.4 Å². The van der Waals surface area contributed by atoms with E-state index in [1.807, 2.05) is 0 Å². The van der Waals surface area contributed by atoms with Crippen molar-refractivity contribution >= 4 is 23.2 Å². The summed E-state index contributed by atoms with van der Waals surface area (Å²) < 4.78 is 0. The molecule has 1 amide bonds. The SMILES string of the molecule is Cc1cc(CCCC(=O)NC(C(=O)O)C2CC2)c(C)s1. The Morgan fingerprint density at radius 2 is 2.15 bits per heavy atom. The molecule has 1 unspecified atom stereocenters. The number of rotatable bonds is 7. The van der Waals surface area contributed by atoms with Gasteiger partial charge in [-0.15, -0.1) is 11.3 Å². The topological polar surface area (TPSA) is 66.4 Å². The fourth-order valence-corrected chi connectivity index (χ4v) is 3.40. The summed E-state index contributed by atoms with van der Waals surface area (Å²) in [4.78, 5) is 25.4. The lowest BCUT2D eigenvalue weighted by Crippen LogP contribution is -2.42. The van der Waals surface area contributed by atoms with Gasteiger partial charge in [-0.1, -0.05) is 0 Å². The molecule has 1 aliphatic carbocycles. The van der Waals surface area contributed by atoms with Crippen molar-refractivity contribution < 1.29 is 14.7 Å². The first-order chi connectivity index (χ1) is 9.47. The zero-order chi connectivity index (χ0) is 14.7. The van der Waals surface area contributed by atoms with Crippen LogP contribution in [-0.4, -0.2) is 23.0 Å². The van der Waals surface area contributed by atoms with E-state index in [1.165, 1.54) is 15.3 Å². The Kier molecular flexibility index (Phi) is 4.81. The minimum absolute atomic E-state index is 0.137. The molecule has 1 aliphatic rings. The highest BCUT2D eigenvalue weighted by Crippen LogP contribution is 2.32. The number of thiophene rings is 1. The average Bonchev–Trinajstić information content (AvgIpc) is 3.13. The van der Waals surface area contributed by atoms with Crippen LogP contribution in [-0.2, 0) is 16.0 Å². The van der Waals surface area contributed by atoms with E-state index in [1.54, 1.807) is 11.3 Å². The number of aliphatic carboxylic acids is 1. The first kappa shape index (κ1) is 15.0. The third-order valence-corrected chi connectivity index (χ3v) is 4.68. The van der Waals surface area contributed by atoms with Crippen molar-refractivity contribution in [1.82, 2.24) is 5.32 Å². The van der Waals surface area contributed by atoms with Gasteiger partial charge in [0.25, 0.3) is 0 Å². The molecule has 1 heterocycles. The van der Waals surface area contributed by atoms with Crippen LogP contribution in [0.5, 0.6) is 0 Å². The van der Waals surface area contributed by atoms with Gasteiger partial charge >= 0.3 is 5.97 Å². The van der Waals surface area contributed by atoms with E-state index < -0.39 is 12.0 Å². The maximum atomic E-state index is 11.8. The van der Waals surface area contributed by atoms with Gasteiger partial charge in [-0.05, 0) is 57.1 Å². The normalized spacial score (nSPS) is 15.9. The number of carboxylic acids is 1. The van der Waals surface area contributed by atoms with E-state index in [2.05, 4.69) is 25.2 Å². The minimum Gasteiger partial charge on any atom is -0.480 e. The zero-order valence-corrected chi connectivity index (χ0v) is 12.8. The van der Waals surface area contributed by atoms with Crippen LogP contribution in [0.2, 0.25) is 0 Å². The molecule has 0 aromatic carbocycles. The van der Waals surface area contributed by atoms with Gasteiger partial charge in [-0.2, -0.15) is 0 Å². The van der Waals surface area contributed by atoms with Gasteiger partial charge in [0.15, 0.2) is 0 Å². The first-order valence-corrected chi connectivity index (χ1v) is 7.87. The number of nitrogens with one attached hydrogen (secondary N) is 1. The summed E-state index contributed by atoms with van der Waals surface area (Å²) in [7, 11) is 0. The van der Waals surface area contributed by atoms with Crippen molar-refractivity contribution in [3.05, 3.63) is 21.4 Å². The van der Waals surface area contributed by atoms with E-state index in [0.29, 0.717) is 6.42 Å². The van der Waals surface area contributed by atoms with Gasteiger partial charge in [-0.3, -0.25) is 4.79 Å². The molecular formula is C15H21NO3S. The van der Waals surface area contributed by atoms with Crippen LogP contribution < -0.4 is 5.32 Å². The number of aryl methyl sites for hydroxylation is 3. The quantitative estimate of drug-likeness (QED) is 0.812. The van der Waals surface area contributed by atoms with E-state index in [0.717, 1.165) is 25.7 Å². The predicted octanol–water partition coefficient (Wildman–Crippen LogP) is 2.67. The number of hydrogen-bond donors (Lipinski definition) is 2. The summed E-state index contributed by atoms with van der Waals surface area (Å²) in [6.45, 7) is 4.18. The van der Waals surface area contributed by atoms with Gasteiger partial charge in [0.2, 0.25) is 5.91 Å². The van der Waals surface area contributed by atoms with Crippen molar-refractivity contribution in [3.8, 4) is 0 Å². The number of carbonyl (C=O) groups is 2. The molecule has 2 N–H and O–H groups in total. The molecule has 0 saturated heterocycles. The Morgan fingerprint density at radius 1 is 1.45 bits per heavy atom. The molecule has 2 rings (SSSR count). The molecule has 1 fully saturated rings. The molecule has 110 valence electrons. The highest BCUT2D eigenvalue weighted by atomic mass is 32.1. The number of carbonyl (C=O) groups excluding carboxylic acids is 1. The lowest BCUT2D eigenvalue weighted by atomic mass is 10.1. The van der Waals surface area contributed by atoms with Crippen LogP contribution >= 0.6 is 11.3 Å². The van der Waals surface area contributed by atoms with E-state index in [-0.39, 0.29) is 11.8 Å². The summed E-state index contributed by atoms with van der Waals surface area (Å²) >= 11 is 1.78. The van der Waals surface area contributed by atoms with Crippen molar-refractivity contribution in [2.24, 2.45) is 5.92 Å². The number of hydrogen-bond acceptors (Lipinski definition) is 3. The Labute approximate surface area is 123 Å². The Bertz CT molecular complexity index is 505. The van der Waals surface area contributed by atoms with Gasteiger partial charge in [0.1, 0.15) is 6.04 Å². The highest BCUT2D eigenvalue weighted by Gasteiger charge is 2.37. The Morgan fingerprint density at radius 3 is 2.65 bits per heavy atom. The summed E-state index contributed by atoms with van der Waals surface area (Å²) in [5, 5.41) is 11.7. The molecule has 4 nitrogen and oxygen atoms in total. The average molecular weight is 295 g/mol.